The average molecular weight is 340 g/mol. The van der Waals surface area contributed by atoms with Crippen LogP contribution in [0.25, 0.3) is 0 Å². The lowest BCUT2D eigenvalue weighted by molar-refractivity contribution is -0.194. The van der Waals surface area contributed by atoms with Crippen LogP contribution in [-0.4, -0.2) is 29.8 Å². The Balaban J connectivity index is 2.24. The summed E-state index contributed by atoms with van der Waals surface area (Å²) in [5, 5.41) is -4.92. The van der Waals surface area contributed by atoms with Gasteiger partial charge in [-0.1, -0.05) is 26.7 Å². The van der Waals surface area contributed by atoms with Gasteiger partial charge in [-0.3, -0.25) is 4.55 Å². The van der Waals surface area contributed by atoms with Crippen LogP contribution in [0.15, 0.2) is 0 Å². The summed E-state index contributed by atoms with van der Waals surface area (Å²) in [6.07, 6.45) is 4.89. The van der Waals surface area contributed by atoms with Crippen molar-refractivity contribution in [1.82, 2.24) is 0 Å². The molecule has 0 amide bonds. The van der Waals surface area contributed by atoms with Gasteiger partial charge in [-0.05, 0) is 43.4 Å². The van der Waals surface area contributed by atoms with Crippen LogP contribution in [0, 0.1) is 11.3 Å². The van der Waals surface area contributed by atoms with Crippen LogP contribution in [0.1, 0.15) is 58.8 Å². The Kier molecular flexibility index (Phi) is 4.32. The maximum atomic E-state index is 13.5. The summed E-state index contributed by atoms with van der Waals surface area (Å²) in [6, 6.07) is 0. The summed E-state index contributed by atoms with van der Waals surface area (Å²) < 4.78 is 61.9. The van der Waals surface area contributed by atoms with Crippen molar-refractivity contribution in [2.24, 2.45) is 11.3 Å². The van der Waals surface area contributed by atoms with Gasteiger partial charge in [0.2, 0.25) is 0 Å². The van der Waals surface area contributed by atoms with E-state index >= 15 is 0 Å². The average Bonchev–Trinajstić information content (AvgIpc) is 2.36. The highest BCUT2D eigenvalue weighted by Gasteiger charge is 2.58. The van der Waals surface area contributed by atoms with Crippen molar-refractivity contribution in [2.45, 2.75) is 69.6 Å². The quantitative estimate of drug-likeness (QED) is 0.628. The highest BCUT2D eigenvalue weighted by Crippen LogP contribution is 2.54. The zero-order chi connectivity index (χ0) is 16.8. The number of ether oxygens (including phenoxy) is 1. The first-order valence-corrected chi connectivity index (χ1v) is 8.95. The summed E-state index contributed by atoms with van der Waals surface area (Å²) in [5.41, 5.74) is -1.16. The molecule has 2 bridgehead atoms. The molecule has 0 saturated heterocycles. The third-order valence-corrected chi connectivity index (χ3v) is 5.97. The molecule has 2 saturated carbocycles. The molecule has 3 unspecified atom stereocenters. The molecule has 2 aliphatic rings. The van der Waals surface area contributed by atoms with Gasteiger partial charge in [0.25, 0.3) is 0 Å². The van der Waals surface area contributed by atoms with E-state index in [4.69, 9.17) is 9.29 Å². The maximum absolute atomic E-state index is 13.5. The van der Waals surface area contributed by atoms with Crippen molar-refractivity contribution in [3.8, 4) is 0 Å². The van der Waals surface area contributed by atoms with Crippen molar-refractivity contribution in [3.63, 3.8) is 0 Å². The Bertz CT molecular complexity index is 562. The number of esters is 1. The zero-order valence-corrected chi connectivity index (χ0v) is 13.6. The molecule has 1 N–H and O–H groups in total. The SMILES string of the molecule is CCC1(C)CC2CCCC(OC(=O)C(F)(F)S(=O)(=O)O)(C2)C1. The smallest absolute Gasteiger partial charge is 0.454 e. The van der Waals surface area contributed by atoms with E-state index in [9.17, 15) is 22.0 Å². The molecular weight excluding hydrogens is 318 g/mol. The van der Waals surface area contributed by atoms with E-state index in [-0.39, 0.29) is 5.41 Å². The molecule has 2 fully saturated rings. The van der Waals surface area contributed by atoms with E-state index in [1.165, 1.54) is 0 Å². The molecule has 0 radical (unpaired) electrons. The van der Waals surface area contributed by atoms with E-state index in [0.29, 0.717) is 25.2 Å². The molecule has 2 rings (SSSR count). The van der Waals surface area contributed by atoms with E-state index in [2.05, 4.69) is 0 Å². The fourth-order valence-electron chi connectivity index (χ4n) is 4.08. The number of halogens is 2. The van der Waals surface area contributed by atoms with Crippen molar-refractivity contribution in [2.75, 3.05) is 0 Å². The minimum Gasteiger partial charge on any atom is -0.454 e. The van der Waals surface area contributed by atoms with Gasteiger partial charge in [-0.25, -0.2) is 4.79 Å². The molecule has 0 spiro atoms. The predicted octanol–water partition coefficient (Wildman–Crippen LogP) is 3.15. The highest BCUT2D eigenvalue weighted by molar-refractivity contribution is 7.87. The highest BCUT2D eigenvalue weighted by atomic mass is 32.2. The number of hydrogen-bond donors (Lipinski definition) is 1. The minimum atomic E-state index is -5.83. The largest absolute Gasteiger partial charge is 0.465 e. The van der Waals surface area contributed by atoms with Gasteiger partial charge < -0.3 is 4.74 Å². The fourth-order valence-corrected chi connectivity index (χ4v) is 4.34. The lowest BCUT2D eigenvalue weighted by Gasteiger charge is -2.52. The van der Waals surface area contributed by atoms with Crippen LogP contribution in [0.3, 0.4) is 0 Å². The topological polar surface area (TPSA) is 80.7 Å². The Labute approximate surface area is 129 Å². The molecular formula is C14H22F2O5S. The van der Waals surface area contributed by atoms with Gasteiger partial charge in [-0.2, -0.15) is 17.2 Å². The summed E-state index contributed by atoms with van der Waals surface area (Å²) in [6.45, 7) is 4.04. The number of fused-ring (bicyclic) bond motifs is 2. The monoisotopic (exact) mass is 340 g/mol. The van der Waals surface area contributed by atoms with Gasteiger partial charge in [0.05, 0.1) is 0 Å². The number of carbonyl (C=O) groups excluding carboxylic acids is 1. The number of rotatable bonds is 4. The lowest BCUT2D eigenvalue weighted by Crippen LogP contribution is -2.52. The molecule has 5 nitrogen and oxygen atoms in total. The molecule has 0 aliphatic heterocycles. The molecule has 2 aliphatic carbocycles. The van der Waals surface area contributed by atoms with E-state index in [1.54, 1.807) is 0 Å². The normalized spacial score (nSPS) is 36.0. The van der Waals surface area contributed by atoms with Gasteiger partial charge in [-0.15, -0.1) is 0 Å². The van der Waals surface area contributed by atoms with Crippen LogP contribution >= 0.6 is 0 Å². The van der Waals surface area contributed by atoms with Crippen LogP contribution in [0.5, 0.6) is 0 Å². The fraction of sp³-hybridized carbons (Fsp3) is 0.929. The first-order chi connectivity index (χ1) is 9.93. The van der Waals surface area contributed by atoms with Gasteiger partial charge in [0.1, 0.15) is 5.60 Å². The number of carbonyl (C=O) groups is 1. The van der Waals surface area contributed by atoms with E-state index in [0.717, 1.165) is 25.7 Å². The zero-order valence-electron chi connectivity index (χ0n) is 12.8. The molecule has 128 valence electrons. The summed E-state index contributed by atoms with van der Waals surface area (Å²) in [5.74, 6) is -1.88. The van der Waals surface area contributed by atoms with Gasteiger partial charge in [0, 0.05) is 0 Å². The second kappa shape index (κ2) is 5.40. The van der Waals surface area contributed by atoms with Gasteiger partial charge >= 0.3 is 21.3 Å². The van der Waals surface area contributed by atoms with Crippen LogP contribution in [0.4, 0.5) is 8.78 Å². The predicted molar refractivity (Wildman–Crippen MR) is 74.9 cm³/mol. The first kappa shape index (κ1) is 17.6. The first-order valence-electron chi connectivity index (χ1n) is 7.51. The van der Waals surface area contributed by atoms with Crippen LogP contribution < -0.4 is 0 Å². The third kappa shape index (κ3) is 3.13. The third-order valence-electron chi connectivity index (χ3n) is 5.16. The summed E-state index contributed by atoms with van der Waals surface area (Å²) >= 11 is 0. The van der Waals surface area contributed by atoms with Crippen LogP contribution in [0.2, 0.25) is 0 Å². The van der Waals surface area contributed by atoms with Gasteiger partial charge in [0.15, 0.2) is 0 Å². The lowest BCUT2D eigenvalue weighted by atomic mass is 9.58. The van der Waals surface area contributed by atoms with Crippen molar-refractivity contribution >= 4 is 16.1 Å². The maximum Gasteiger partial charge on any atom is 0.465 e. The van der Waals surface area contributed by atoms with Crippen LogP contribution in [-0.2, 0) is 19.6 Å². The molecule has 22 heavy (non-hydrogen) atoms. The van der Waals surface area contributed by atoms with Crippen molar-refractivity contribution in [1.29, 1.82) is 0 Å². The summed E-state index contributed by atoms with van der Waals surface area (Å²) in [7, 11) is -5.83. The van der Waals surface area contributed by atoms with Crippen molar-refractivity contribution < 1.29 is 31.3 Å². The Hall–Kier alpha value is -0.760. The molecule has 3 atom stereocenters. The molecule has 0 aromatic rings. The second-order valence-electron chi connectivity index (χ2n) is 7.07. The summed E-state index contributed by atoms with van der Waals surface area (Å²) in [4.78, 5) is 11.7. The molecule has 0 aromatic heterocycles. The number of hydrogen-bond acceptors (Lipinski definition) is 4. The Morgan fingerprint density at radius 1 is 1.41 bits per heavy atom. The van der Waals surface area contributed by atoms with E-state index < -0.39 is 26.9 Å². The Morgan fingerprint density at radius 3 is 2.59 bits per heavy atom. The standard InChI is InChI=1S/C14H22F2O5S/c1-3-12(2)7-10-5-4-6-13(8-10,9-12)21-11(17)14(15,16)22(18,19)20/h10H,3-9H2,1-2H3,(H,18,19,20). The molecule has 0 aromatic carbocycles. The second-order valence-corrected chi connectivity index (χ2v) is 8.53. The molecule has 0 heterocycles. The number of alkyl halides is 2. The Morgan fingerprint density at radius 2 is 2.05 bits per heavy atom. The molecule has 8 heteroatoms. The minimum absolute atomic E-state index is 0.114. The van der Waals surface area contributed by atoms with Crippen molar-refractivity contribution in [3.05, 3.63) is 0 Å². The van der Waals surface area contributed by atoms with E-state index in [1.807, 2.05) is 13.8 Å².